The summed E-state index contributed by atoms with van der Waals surface area (Å²) in [6, 6.07) is 22.9. The third kappa shape index (κ3) is 4.27. The Morgan fingerprint density at radius 1 is 0.972 bits per heavy atom. The average molecular weight is 499 g/mol. The topological polar surface area (TPSA) is 69.6 Å². The van der Waals surface area contributed by atoms with Gasteiger partial charge in [0.1, 0.15) is 0 Å². The number of fused-ring (bicyclic) bond motifs is 3. The molecule has 3 aromatic carbocycles. The van der Waals surface area contributed by atoms with Crippen molar-refractivity contribution in [3.8, 4) is 17.2 Å². The lowest BCUT2D eigenvalue weighted by molar-refractivity contribution is 0.0977. The molecule has 1 aromatic heterocycles. The fourth-order valence-corrected chi connectivity index (χ4v) is 5.30. The predicted octanol–water partition coefficient (Wildman–Crippen LogP) is 6.19. The number of anilines is 1. The highest BCUT2D eigenvalue weighted by molar-refractivity contribution is 7.98. The van der Waals surface area contributed by atoms with Crippen LogP contribution in [0.5, 0.6) is 11.5 Å². The van der Waals surface area contributed by atoms with Crippen LogP contribution in [0.25, 0.3) is 5.69 Å². The summed E-state index contributed by atoms with van der Waals surface area (Å²) in [5, 5.41) is 2.99. The molecule has 0 aliphatic carbocycles. The van der Waals surface area contributed by atoms with Gasteiger partial charge in [0, 0.05) is 46.4 Å². The number of methoxy groups -OCH3 is 2. The second kappa shape index (κ2) is 9.95. The molecule has 0 spiro atoms. The summed E-state index contributed by atoms with van der Waals surface area (Å²) in [6.45, 7) is 0. The summed E-state index contributed by atoms with van der Waals surface area (Å²) in [7, 11) is 3.15. The van der Waals surface area contributed by atoms with Gasteiger partial charge >= 0.3 is 0 Å². The van der Waals surface area contributed by atoms with Crippen molar-refractivity contribution in [3.63, 3.8) is 0 Å². The number of Topliss-reactive ketones (excluding diaryl/α,β-unsaturated/α-hetero) is 1. The van der Waals surface area contributed by atoms with Crippen molar-refractivity contribution < 1.29 is 19.1 Å². The number of carbonyl (C=O) groups excluding carboxylic acids is 2. The number of amides is 1. The van der Waals surface area contributed by atoms with Crippen LogP contribution in [0.4, 0.5) is 5.69 Å². The fraction of sp³-hybridized carbons (Fsp3) is 0.172. The van der Waals surface area contributed by atoms with Crippen LogP contribution in [-0.2, 0) is 0 Å². The SMILES string of the molecule is COc1cc2c(cc1OC)-n1cccc1[C@H](c1ccc(NC(=O)c3ccccc3SC)cc1)CC2=O. The van der Waals surface area contributed by atoms with E-state index in [1.165, 1.54) is 0 Å². The molecule has 0 saturated carbocycles. The molecule has 2 heterocycles. The standard InChI is InChI=1S/C29H26N2O4S/c1-34-26-16-22-24(17-27(26)35-2)31-14-6-8-23(31)21(15-25(22)32)18-10-12-19(13-11-18)30-29(33)20-7-4-5-9-28(20)36-3/h4-14,16-17,21H,15H2,1-3H3,(H,30,33)/t21-/m0/s1. The third-order valence-electron chi connectivity index (χ3n) is 6.51. The highest BCUT2D eigenvalue weighted by Gasteiger charge is 2.29. The molecule has 1 N–H and O–H groups in total. The van der Waals surface area contributed by atoms with E-state index in [1.807, 2.05) is 83.7 Å². The molecule has 1 aliphatic heterocycles. The van der Waals surface area contributed by atoms with Crippen LogP contribution < -0.4 is 14.8 Å². The van der Waals surface area contributed by atoms with Crippen LogP contribution in [-0.4, -0.2) is 36.7 Å². The van der Waals surface area contributed by atoms with Crippen molar-refractivity contribution in [2.45, 2.75) is 17.2 Å². The van der Waals surface area contributed by atoms with Crippen LogP contribution in [0.15, 0.2) is 83.9 Å². The van der Waals surface area contributed by atoms with Crippen LogP contribution in [0.2, 0.25) is 0 Å². The van der Waals surface area contributed by atoms with E-state index >= 15 is 0 Å². The van der Waals surface area contributed by atoms with Gasteiger partial charge in [-0.15, -0.1) is 11.8 Å². The first-order valence-corrected chi connectivity index (χ1v) is 12.8. The average Bonchev–Trinajstić information content (AvgIpc) is 3.37. The van der Waals surface area contributed by atoms with Gasteiger partial charge in [-0.25, -0.2) is 0 Å². The van der Waals surface area contributed by atoms with Gasteiger partial charge < -0.3 is 19.4 Å². The van der Waals surface area contributed by atoms with Gasteiger partial charge in [0.2, 0.25) is 0 Å². The minimum atomic E-state index is -0.149. The molecular weight excluding hydrogens is 472 g/mol. The van der Waals surface area contributed by atoms with E-state index in [9.17, 15) is 9.59 Å². The number of thioether (sulfide) groups is 1. The smallest absolute Gasteiger partial charge is 0.256 e. The zero-order valence-corrected chi connectivity index (χ0v) is 21.1. The van der Waals surface area contributed by atoms with Gasteiger partial charge in [0.15, 0.2) is 17.3 Å². The number of ketones is 1. The molecule has 6 nitrogen and oxygen atoms in total. The van der Waals surface area contributed by atoms with Gasteiger partial charge in [0.05, 0.1) is 25.5 Å². The first-order valence-electron chi connectivity index (χ1n) is 11.5. The summed E-state index contributed by atoms with van der Waals surface area (Å²) in [5.41, 5.74) is 4.73. The molecule has 0 unspecified atom stereocenters. The molecule has 7 heteroatoms. The molecule has 5 rings (SSSR count). The summed E-state index contributed by atoms with van der Waals surface area (Å²) < 4.78 is 13.0. The molecule has 0 radical (unpaired) electrons. The van der Waals surface area contributed by atoms with E-state index in [-0.39, 0.29) is 17.6 Å². The minimum absolute atomic E-state index is 0.0331. The maximum absolute atomic E-state index is 13.4. The molecule has 0 saturated heterocycles. The van der Waals surface area contributed by atoms with Gasteiger partial charge in [-0.2, -0.15) is 0 Å². The van der Waals surface area contributed by atoms with Crippen LogP contribution in [0, 0.1) is 0 Å². The Balaban J connectivity index is 1.45. The maximum Gasteiger partial charge on any atom is 0.256 e. The summed E-state index contributed by atoms with van der Waals surface area (Å²) >= 11 is 1.54. The monoisotopic (exact) mass is 498 g/mol. The van der Waals surface area contributed by atoms with Crippen molar-refractivity contribution in [2.24, 2.45) is 0 Å². The number of nitrogens with one attached hydrogen (secondary N) is 1. The Morgan fingerprint density at radius 3 is 2.42 bits per heavy atom. The number of hydrogen-bond donors (Lipinski definition) is 1. The summed E-state index contributed by atoms with van der Waals surface area (Å²) in [4.78, 5) is 27.1. The molecule has 4 aromatic rings. The highest BCUT2D eigenvalue weighted by Crippen LogP contribution is 2.40. The van der Waals surface area contributed by atoms with E-state index in [1.54, 1.807) is 32.0 Å². The third-order valence-corrected chi connectivity index (χ3v) is 7.31. The molecular formula is C29H26N2O4S. The maximum atomic E-state index is 13.4. The molecule has 0 bridgehead atoms. The lowest BCUT2D eigenvalue weighted by Gasteiger charge is -2.17. The summed E-state index contributed by atoms with van der Waals surface area (Å²) in [5.74, 6) is 0.847. The largest absolute Gasteiger partial charge is 0.493 e. The van der Waals surface area contributed by atoms with Gasteiger partial charge in [0.25, 0.3) is 5.91 Å². The number of carbonyl (C=O) groups is 2. The predicted molar refractivity (Wildman–Crippen MR) is 142 cm³/mol. The van der Waals surface area contributed by atoms with Crippen molar-refractivity contribution in [3.05, 3.63) is 101 Å². The number of rotatable bonds is 6. The van der Waals surface area contributed by atoms with Crippen LogP contribution >= 0.6 is 11.8 Å². The summed E-state index contributed by atoms with van der Waals surface area (Å²) in [6.07, 6.45) is 4.23. The quantitative estimate of drug-likeness (QED) is 0.321. The lowest BCUT2D eigenvalue weighted by Crippen LogP contribution is -2.13. The zero-order valence-electron chi connectivity index (χ0n) is 20.3. The molecule has 36 heavy (non-hydrogen) atoms. The Kier molecular flexibility index (Phi) is 6.57. The first-order chi connectivity index (χ1) is 17.5. The lowest BCUT2D eigenvalue weighted by atomic mass is 9.90. The molecule has 1 atom stereocenters. The van der Waals surface area contributed by atoms with Gasteiger partial charge in [-0.05, 0) is 54.3 Å². The second-order valence-electron chi connectivity index (χ2n) is 8.48. The Bertz CT molecular complexity index is 1440. The minimum Gasteiger partial charge on any atom is -0.493 e. The second-order valence-corrected chi connectivity index (χ2v) is 9.33. The fourth-order valence-electron chi connectivity index (χ4n) is 4.71. The number of ether oxygens (including phenoxy) is 2. The van der Waals surface area contributed by atoms with E-state index in [2.05, 4.69) is 5.32 Å². The van der Waals surface area contributed by atoms with E-state index in [0.29, 0.717) is 34.7 Å². The van der Waals surface area contributed by atoms with E-state index < -0.39 is 0 Å². The van der Waals surface area contributed by atoms with E-state index in [0.717, 1.165) is 21.8 Å². The first kappa shape index (κ1) is 23.8. The van der Waals surface area contributed by atoms with Crippen LogP contribution in [0.3, 0.4) is 0 Å². The van der Waals surface area contributed by atoms with Gasteiger partial charge in [-0.3, -0.25) is 9.59 Å². The van der Waals surface area contributed by atoms with Crippen molar-refractivity contribution in [2.75, 3.05) is 25.8 Å². The van der Waals surface area contributed by atoms with Crippen molar-refractivity contribution in [1.82, 2.24) is 4.57 Å². The molecule has 182 valence electrons. The van der Waals surface area contributed by atoms with E-state index in [4.69, 9.17) is 9.47 Å². The Hall–Kier alpha value is -3.97. The Labute approximate surface area is 214 Å². The Morgan fingerprint density at radius 2 is 1.69 bits per heavy atom. The number of hydrogen-bond acceptors (Lipinski definition) is 5. The van der Waals surface area contributed by atoms with Crippen molar-refractivity contribution >= 4 is 29.1 Å². The number of nitrogens with zero attached hydrogens (tertiary/aromatic N) is 1. The highest BCUT2D eigenvalue weighted by atomic mass is 32.2. The van der Waals surface area contributed by atoms with Gasteiger partial charge in [-0.1, -0.05) is 24.3 Å². The van der Waals surface area contributed by atoms with Crippen LogP contribution in [0.1, 0.15) is 44.3 Å². The normalized spacial score (nSPS) is 14.4. The van der Waals surface area contributed by atoms with Crippen molar-refractivity contribution in [1.29, 1.82) is 0 Å². The molecule has 1 amide bonds. The molecule has 0 fully saturated rings. The zero-order chi connectivity index (χ0) is 25.2. The number of benzene rings is 3. The number of aromatic nitrogens is 1. The molecule has 1 aliphatic rings.